The number of carbonyl (C=O) groups is 2. The molecule has 0 spiro atoms. The highest BCUT2D eigenvalue weighted by Gasteiger charge is 2.31. The predicted octanol–water partition coefficient (Wildman–Crippen LogP) is 4.53. The number of nitrogens with zero attached hydrogens (tertiary/aromatic N) is 2. The van der Waals surface area contributed by atoms with E-state index in [1.54, 1.807) is 12.3 Å². The quantitative estimate of drug-likeness (QED) is 0.767. The van der Waals surface area contributed by atoms with Gasteiger partial charge in [-0.05, 0) is 49.9 Å². The van der Waals surface area contributed by atoms with E-state index in [0.29, 0.717) is 29.7 Å². The Kier molecular flexibility index (Phi) is 7.05. The average Bonchev–Trinajstić information content (AvgIpc) is 2.80. The zero-order chi connectivity index (χ0) is 20.8. The molecule has 158 valence electrons. The Hall–Kier alpha value is -2.34. The molecule has 1 aromatic heterocycles. The molecule has 2 aliphatic rings. The van der Waals surface area contributed by atoms with Crippen LogP contribution < -0.4 is 5.32 Å². The first kappa shape index (κ1) is 20.9. The fourth-order valence-electron chi connectivity index (χ4n) is 4.35. The summed E-state index contributed by atoms with van der Waals surface area (Å²) >= 11 is 1.50. The number of piperidine rings is 1. The third-order valence-electron chi connectivity index (χ3n) is 5.99. The van der Waals surface area contributed by atoms with Crippen LogP contribution in [0.1, 0.15) is 55.3 Å². The number of amides is 2. The number of aromatic nitrogens is 1. The number of pyridine rings is 1. The van der Waals surface area contributed by atoms with E-state index in [-0.39, 0.29) is 17.7 Å². The Morgan fingerprint density at radius 3 is 2.57 bits per heavy atom. The smallest absolute Gasteiger partial charge is 0.256 e. The van der Waals surface area contributed by atoms with E-state index in [1.165, 1.54) is 31.0 Å². The molecule has 1 saturated carbocycles. The summed E-state index contributed by atoms with van der Waals surface area (Å²) in [5.74, 6) is -0.0345. The number of likely N-dealkylation sites (tertiary alicyclic amines) is 1. The Morgan fingerprint density at radius 1 is 0.967 bits per heavy atom. The molecule has 0 bridgehead atoms. The maximum Gasteiger partial charge on any atom is 0.256 e. The summed E-state index contributed by atoms with van der Waals surface area (Å²) in [5.41, 5.74) is 0.611. The maximum atomic E-state index is 13.3. The first-order valence-electron chi connectivity index (χ1n) is 11.0. The van der Waals surface area contributed by atoms with Crippen LogP contribution in [0, 0.1) is 5.92 Å². The van der Waals surface area contributed by atoms with Gasteiger partial charge < -0.3 is 10.2 Å². The lowest BCUT2D eigenvalue weighted by Crippen LogP contribution is -2.48. The van der Waals surface area contributed by atoms with Crippen LogP contribution in [-0.2, 0) is 4.79 Å². The van der Waals surface area contributed by atoms with E-state index in [1.807, 2.05) is 41.3 Å². The predicted molar refractivity (Wildman–Crippen MR) is 118 cm³/mol. The van der Waals surface area contributed by atoms with Crippen molar-refractivity contribution in [3.05, 3.63) is 54.2 Å². The molecule has 2 amide bonds. The fourth-order valence-corrected chi connectivity index (χ4v) is 5.24. The first-order chi connectivity index (χ1) is 14.7. The van der Waals surface area contributed by atoms with Crippen molar-refractivity contribution in [2.75, 3.05) is 13.1 Å². The van der Waals surface area contributed by atoms with Crippen LogP contribution in [0.25, 0.3) is 0 Å². The molecule has 2 heterocycles. The molecule has 4 rings (SSSR count). The lowest BCUT2D eigenvalue weighted by atomic mass is 9.93. The van der Waals surface area contributed by atoms with Gasteiger partial charge in [0.05, 0.1) is 11.5 Å². The summed E-state index contributed by atoms with van der Waals surface area (Å²) in [6.07, 6.45) is 9.25. The first-order valence-corrected chi connectivity index (χ1v) is 11.8. The van der Waals surface area contributed by atoms with E-state index in [9.17, 15) is 9.59 Å². The number of rotatable bonds is 5. The molecular weight excluding hydrogens is 394 g/mol. The monoisotopic (exact) mass is 423 g/mol. The van der Waals surface area contributed by atoms with Crippen LogP contribution in [0.4, 0.5) is 0 Å². The number of carbonyl (C=O) groups excluding carboxylic acids is 2. The molecule has 1 atom stereocenters. The van der Waals surface area contributed by atoms with Crippen LogP contribution in [0.3, 0.4) is 0 Å². The number of hydrogen-bond acceptors (Lipinski definition) is 4. The van der Waals surface area contributed by atoms with Gasteiger partial charge in [0.25, 0.3) is 5.91 Å². The van der Waals surface area contributed by atoms with Crippen molar-refractivity contribution >= 4 is 23.6 Å². The summed E-state index contributed by atoms with van der Waals surface area (Å²) in [6, 6.07) is 13.9. The van der Waals surface area contributed by atoms with Crippen LogP contribution in [0.5, 0.6) is 0 Å². The van der Waals surface area contributed by atoms with Crippen LogP contribution in [0.2, 0.25) is 0 Å². The maximum absolute atomic E-state index is 13.3. The molecular formula is C24H29N3O2S. The molecule has 1 aliphatic heterocycles. The van der Waals surface area contributed by atoms with Gasteiger partial charge in [0.1, 0.15) is 5.03 Å². The Morgan fingerprint density at radius 2 is 1.77 bits per heavy atom. The zero-order valence-electron chi connectivity index (χ0n) is 17.3. The lowest BCUT2D eigenvalue weighted by Gasteiger charge is -2.33. The third kappa shape index (κ3) is 5.22. The molecule has 5 nitrogen and oxygen atoms in total. The van der Waals surface area contributed by atoms with Gasteiger partial charge in [-0.25, -0.2) is 4.98 Å². The zero-order valence-corrected chi connectivity index (χ0v) is 18.1. The van der Waals surface area contributed by atoms with Crippen LogP contribution >= 0.6 is 11.8 Å². The highest BCUT2D eigenvalue weighted by Crippen LogP contribution is 2.30. The second-order valence-electron chi connectivity index (χ2n) is 8.21. The molecule has 0 unspecified atom stereocenters. The van der Waals surface area contributed by atoms with Gasteiger partial charge >= 0.3 is 0 Å². The van der Waals surface area contributed by atoms with Gasteiger partial charge in [0.15, 0.2) is 0 Å². The van der Waals surface area contributed by atoms with Gasteiger partial charge in [-0.2, -0.15) is 0 Å². The van der Waals surface area contributed by atoms with Gasteiger partial charge in [-0.1, -0.05) is 49.2 Å². The van der Waals surface area contributed by atoms with Gasteiger partial charge in [-0.15, -0.1) is 0 Å². The van der Waals surface area contributed by atoms with Crippen molar-refractivity contribution in [1.29, 1.82) is 0 Å². The molecule has 2 fully saturated rings. The topological polar surface area (TPSA) is 62.3 Å². The number of hydrogen-bond donors (Lipinski definition) is 1. The molecule has 1 aromatic carbocycles. The van der Waals surface area contributed by atoms with Crippen LogP contribution in [0.15, 0.2) is 58.6 Å². The van der Waals surface area contributed by atoms with Crippen molar-refractivity contribution in [2.45, 2.75) is 60.9 Å². The largest absolute Gasteiger partial charge is 0.353 e. The van der Waals surface area contributed by atoms with E-state index < -0.39 is 0 Å². The minimum atomic E-state index is -0.119. The Balaban J connectivity index is 1.42. The molecule has 30 heavy (non-hydrogen) atoms. The summed E-state index contributed by atoms with van der Waals surface area (Å²) in [7, 11) is 0. The molecule has 1 saturated heterocycles. The second kappa shape index (κ2) is 10.1. The van der Waals surface area contributed by atoms with Crippen molar-refractivity contribution in [3.63, 3.8) is 0 Å². The minimum absolute atomic E-state index is 0.0308. The fraction of sp³-hybridized carbons (Fsp3) is 0.458. The summed E-state index contributed by atoms with van der Waals surface area (Å²) in [5, 5.41) is 3.95. The van der Waals surface area contributed by atoms with Gasteiger partial charge in [-0.3, -0.25) is 9.59 Å². The van der Waals surface area contributed by atoms with Gasteiger partial charge in [0.2, 0.25) is 5.91 Å². The molecule has 1 aliphatic carbocycles. The molecule has 0 radical (unpaired) electrons. The Bertz CT molecular complexity index is 868. The second-order valence-corrected chi connectivity index (χ2v) is 9.27. The molecule has 1 N–H and O–H groups in total. The van der Waals surface area contributed by atoms with Crippen molar-refractivity contribution < 1.29 is 9.59 Å². The molecule has 6 heteroatoms. The van der Waals surface area contributed by atoms with Gasteiger partial charge in [0, 0.05) is 30.2 Å². The van der Waals surface area contributed by atoms with E-state index in [4.69, 9.17) is 0 Å². The normalized spacial score (nSPS) is 20.0. The molecule has 2 aromatic rings. The number of nitrogens with one attached hydrogen (secondary N) is 1. The van der Waals surface area contributed by atoms with E-state index in [2.05, 4.69) is 10.3 Å². The average molecular weight is 424 g/mol. The standard InChI is InChI=1S/C24H29N3O2S/c28-22(26-19-10-3-1-4-11-19)18-9-8-16-27(17-18)24(29)21-14-7-15-25-23(21)30-20-12-5-2-6-13-20/h2,5-7,12-15,18-19H,1,3-4,8-11,16-17H2,(H,26,28)/t18-/m0/s1. The summed E-state index contributed by atoms with van der Waals surface area (Å²) in [6.45, 7) is 1.18. The SMILES string of the molecule is O=C(NC1CCCCC1)[C@H]1CCCN(C(=O)c2cccnc2Sc2ccccc2)C1. The number of benzene rings is 1. The van der Waals surface area contributed by atoms with Crippen molar-refractivity contribution in [3.8, 4) is 0 Å². The van der Waals surface area contributed by atoms with Crippen molar-refractivity contribution in [2.24, 2.45) is 5.92 Å². The van der Waals surface area contributed by atoms with E-state index in [0.717, 1.165) is 30.6 Å². The summed E-state index contributed by atoms with van der Waals surface area (Å²) in [4.78, 5) is 33.5. The lowest BCUT2D eigenvalue weighted by molar-refractivity contribution is -0.127. The highest BCUT2D eigenvalue weighted by molar-refractivity contribution is 7.99. The van der Waals surface area contributed by atoms with Crippen molar-refractivity contribution in [1.82, 2.24) is 15.2 Å². The summed E-state index contributed by atoms with van der Waals surface area (Å²) < 4.78 is 0. The third-order valence-corrected chi connectivity index (χ3v) is 7.02. The minimum Gasteiger partial charge on any atom is -0.353 e. The van der Waals surface area contributed by atoms with Crippen LogP contribution in [-0.4, -0.2) is 40.8 Å². The highest BCUT2D eigenvalue weighted by atomic mass is 32.2. The van der Waals surface area contributed by atoms with E-state index >= 15 is 0 Å². The Labute approximate surface area is 182 Å².